The van der Waals surface area contributed by atoms with Crippen LogP contribution in [0.4, 0.5) is 11.4 Å². The highest BCUT2D eigenvalue weighted by Crippen LogP contribution is 2.38. The fraction of sp³-hybridized carbons (Fsp3) is 0.533. The second-order valence-corrected chi connectivity index (χ2v) is 5.15. The van der Waals surface area contributed by atoms with Crippen molar-refractivity contribution in [3.63, 3.8) is 0 Å². The molecule has 0 saturated heterocycles. The molecule has 110 valence electrons. The number of hydrogen-bond acceptors (Lipinski definition) is 5. The van der Waals surface area contributed by atoms with Gasteiger partial charge in [-0.2, -0.15) is 0 Å². The first-order valence-corrected chi connectivity index (χ1v) is 7.03. The lowest BCUT2D eigenvalue weighted by molar-refractivity contribution is -0.149. The van der Waals surface area contributed by atoms with Crippen LogP contribution in [0.1, 0.15) is 27.2 Å². The second kappa shape index (κ2) is 6.03. The topological polar surface area (TPSA) is 64.8 Å². The Balaban J connectivity index is 2.31. The number of nitrogen functional groups attached to an aromatic ring is 1. The van der Waals surface area contributed by atoms with E-state index < -0.39 is 0 Å². The van der Waals surface area contributed by atoms with E-state index in [0.717, 1.165) is 11.4 Å². The average Bonchev–Trinajstić information content (AvgIpc) is 2.39. The Morgan fingerprint density at radius 2 is 2.25 bits per heavy atom. The Bertz CT molecular complexity index is 488. The van der Waals surface area contributed by atoms with Crippen LogP contribution in [0.2, 0.25) is 0 Å². The van der Waals surface area contributed by atoms with Crippen molar-refractivity contribution in [1.82, 2.24) is 0 Å². The predicted molar refractivity (Wildman–Crippen MR) is 79.0 cm³/mol. The Kier molecular flexibility index (Phi) is 4.37. The van der Waals surface area contributed by atoms with E-state index in [2.05, 4.69) is 0 Å². The quantitative estimate of drug-likeness (QED) is 0.675. The molecule has 2 rings (SSSR count). The summed E-state index contributed by atoms with van der Waals surface area (Å²) in [5.41, 5.74) is 7.47. The molecule has 1 aromatic rings. The standard InChI is InChI=1S/C15H22N2O3/c1-4-12(15(18)20-10(2)3)17-8-9-19-13-7-5-6-11(16)14(13)17/h5-7,10,12H,4,8-9,16H2,1-3H3. The molecule has 1 aliphatic rings. The van der Waals surface area contributed by atoms with Gasteiger partial charge in [-0.15, -0.1) is 0 Å². The molecular weight excluding hydrogens is 256 g/mol. The Labute approximate surface area is 119 Å². The van der Waals surface area contributed by atoms with Crippen LogP contribution in [0, 0.1) is 0 Å². The van der Waals surface area contributed by atoms with Gasteiger partial charge in [0.05, 0.1) is 18.3 Å². The fourth-order valence-corrected chi connectivity index (χ4v) is 2.47. The molecule has 5 nitrogen and oxygen atoms in total. The van der Waals surface area contributed by atoms with Gasteiger partial charge in [0.2, 0.25) is 0 Å². The van der Waals surface area contributed by atoms with Crippen LogP contribution >= 0.6 is 0 Å². The van der Waals surface area contributed by atoms with Crippen LogP contribution in [-0.4, -0.2) is 31.3 Å². The molecule has 0 aliphatic carbocycles. The molecule has 0 aromatic heterocycles. The lowest BCUT2D eigenvalue weighted by atomic mass is 10.1. The molecule has 0 fully saturated rings. The first kappa shape index (κ1) is 14.5. The maximum Gasteiger partial charge on any atom is 0.329 e. The lowest BCUT2D eigenvalue weighted by Gasteiger charge is -2.37. The van der Waals surface area contributed by atoms with E-state index in [1.165, 1.54) is 0 Å². The van der Waals surface area contributed by atoms with Gasteiger partial charge < -0.3 is 20.1 Å². The molecule has 2 N–H and O–H groups in total. The van der Waals surface area contributed by atoms with Gasteiger partial charge in [-0.25, -0.2) is 4.79 Å². The Hall–Kier alpha value is -1.91. The van der Waals surface area contributed by atoms with Crippen LogP contribution in [0.5, 0.6) is 5.75 Å². The van der Waals surface area contributed by atoms with Gasteiger partial charge in [-0.3, -0.25) is 0 Å². The number of nitrogens with two attached hydrogens (primary N) is 1. The van der Waals surface area contributed by atoms with Gasteiger partial charge in [0.1, 0.15) is 24.1 Å². The second-order valence-electron chi connectivity index (χ2n) is 5.15. The van der Waals surface area contributed by atoms with Crippen LogP contribution in [0.25, 0.3) is 0 Å². The van der Waals surface area contributed by atoms with Crippen molar-refractivity contribution in [1.29, 1.82) is 0 Å². The summed E-state index contributed by atoms with van der Waals surface area (Å²) in [5, 5.41) is 0. The third-order valence-corrected chi connectivity index (χ3v) is 3.29. The number of para-hydroxylation sites is 1. The Morgan fingerprint density at radius 1 is 1.50 bits per heavy atom. The number of carbonyl (C=O) groups excluding carboxylic acids is 1. The largest absolute Gasteiger partial charge is 0.489 e. The molecule has 1 aliphatic heterocycles. The van der Waals surface area contributed by atoms with E-state index in [9.17, 15) is 4.79 Å². The van der Waals surface area contributed by atoms with Gasteiger partial charge in [-0.1, -0.05) is 13.0 Å². The molecule has 5 heteroatoms. The smallest absolute Gasteiger partial charge is 0.329 e. The maximum absolute atomic E-state index is 12.3. The minimum Gasteiger partial charge on any atom is -0.489 e. The highest BCUT2D eigenvalue weighted by atomic mass is 16.5. The molecule has 20 heavy (non-hydrogen) atoms. The van der Waals surface area contributed by atoms with Crippen molar-refractivity contribution in [2.45, 2.75) is 39.3 Å². The van der Waals surface area contributed by atoms with Crippen molar-refractivity contribution in [3.8, 4) is 5.75 Å². The van der Waals surface area contributed by atoms with Crippen LogP contribution in [0.15, 0.2) is 18.2 Å². The summed E-state index contributed by atoms with van der Waals surface area (Å²) in [7, 11) is 0. The summed E-state index contributed by atoms with van der Waals surface area (Å²) in [6, 6.07) is 5.22. The van der Waals surface area contributed by atoms with Crippen molar-refractivity contribution in [2.24, 2.45) is 0 Å². The van der Waals surface area contributed by atoms with Crippen molar-refractivity contribution >= 4 is 17.3 Å². The predicted octanol–water partition coefficient (Wildman–Crippen LogP) is 2.20. The van der Waals surface area contributed by atoms with Gasteiger partial charge in [0.25, 0.3) is 0 Å². The third-order valence-electron chi connectivity index (χ3n) is 3.29. The minimum absolute atomic E-state index is 0.120. The van der Waals surface area contributed by atoms with E-state index >= 15 is 0 Å². The third kappa shape index (κ3) is 2.81. The van der Waals surface area contributed by atoms with Gasteiger partial charge in [-0.05, 0) is 32.4 Å². The molecule has 0 amide bonds. The number of ether oxygens (including phenoxy) is 2. The average molecular weight is 278 g/mol. The molecule has 1 aromatic carbocycles. The summed E-state index contributed by atoms with van der Waals surface area (Å²) in [6.07, 6.45) is 0.546. The number of anilines is 2. The van der Waals surface area contributed by atoms with E-state index in [1.807, 2.05) is 43.9 Å². The molecular formula is C15H22N2O3. The SMILES string of the molecule is CCC(C(=O)OC(C)C)N1CCOc2cccc(N)c21. The zero-order valence-corrected chi connectivity index (χ0v) is 12.3. The zero-order chi connectivity index (χ0) is 14.7. The van der Waals surface area contributed by atoms with Gasteiger partial charge >= 0.3 is 5.97 Å². The van der Waals surface area contributed by atoms with Crippen LogP contribution in [0.3, 0.4) is 0 Å². The summed E-state index contributed by atoms with van der Waals surface area (Å²) in [4.78, 5) is 14.3. The number of fused-ring (bicyclic) bond motifs is 1. The zero-order valence-electron chi connectivity index (χ0n) is 12.3. The van der Waals surface area contributed by atoms with Gasteiger partial charge in [0.15, 0.2) is 0 Å². The molecule has 0 bridgehead atoms. The summed E-state index contributed by atoms with van der Waals surface area (Å²) >= 11 is 0. The minimum atomic E-state index is -0.329. The summed E-state index contributed by atoms with van der Waals surface area (Å²) in [6.45, 7) is 6.85. The van der Waals surface area contributed by atoms with Gasteiger partial charge in [0, 0.05) is 0 Å². The number of hydrogen-bond donors (Lipinski definition) is 1. The van der Waals surface area contributed by atoms with Crippen molar-refractivity contribution < 1.29 is 14.3 Å². The highest BCUT2D eigenvalue weighted by Gasteiger charge is 2.31. The molecule has 0 saturated carbocycles. The van der Waals surface area contributed by atoms with E-state index in [0.29, 0.717) is 25.3 Å². The monoisotopic (exact) mass is 278 g/mol. The first-order chi connectivity index (χ1) is 9.54. The number of benzene rings is 1. The Morgan fingerprint density at radius 3 is 2.90 bits per heavy atom. The van der Waals surface area contributed by atoms with E-state index in [4.69, 9.17) is 15.2 Å². The van der Waals surface area contributed by atoms with E-state index in [-0.39, 0.29) is 18.1 Å². The lowest BCUT2D eigenvalue weighted by Crippen LogP contribution is -2.46. The highest BCUT2D eigenvalue weighted by molar-refractivity contribution is 5.85. The van der Waals surface area contributed by atoms with Crippen molar-refractivity contribution in [2.75, 3.05) is 23.8 Å². The number of esters is 1. The summed E-state index contributed by atoms with van der Waals surface area (Å²) < 4.78 is 11.0. The molecule has 1 unspecified atom stereocenters. The summed E-state index contributed by atoms with van der Waals surface area (Å²) in [5.74, 6) is 0.519. The molecule has 0 spiro atoms. The fourth-order valence-electron chi connectivity index (χ4n) is 2.47. The van der Waals surface area contributed by atoms with Crippen molar-refractivity contribution in [3.05, 3.63) is 18.2 Å². The molecule has 0 radical (unpaired) electrons. The first-order valence-electron chi connectivity index (χ1n) is 7.03. The molecule has 1 heterocycles. The number of nitrogens with zero attached hydrogens (tertiary/aromatic N) is 1. The maximum atomic E-state index is 12.3. The molecule has 1 atom stereocenters. The van der Waals surface area contributed by atoms with Crippen LogP contribution < -0.4 is 15.4 Å². The van der Waals surface area contributed by atoms with E-state index in [1.54, 1.807) is 0 Å². The normalized spacial score (nSPS) is 15.5. The number of carbonyl (C=O) groups is 1. The number of rotatable bonds is 4. The van der Waals surface area contributed by atoms with Crippen LogP contribution in [-0.2, 0) is 9.53 Å².